The fraction of sp³-hybridized carbons (Fsp3) is 0.188. The number of aromatic amines is 1. The minimum atomic E-state index is -3.83. The fourth-order valence-corrected chi connectivity index (χ4v) is 3.86. The summed E-state index contributed by atoms with van der Waals surface area (Å²) in [6.07, 6.45) is 2.86. The van der Waals surface area contributed by atoms with Crippen LogP contribution in [0.25, 0.3) is 10.9 Å². The second-order valence-corrected chi connectivity index (χ2v) is 7.48. The van der Waals surface area contributed by atoms with E-state index in [9.17, 15) is 13.2 Å². The maximum atomic E-state index is 12.7. The van der Waals surface area contributed by atoms with Crippen molar-refractivity contribution in [3.05, 3.63) is 58.1 Å². The summed E-state index contributed by atoms with van der Waals surface area (Å²) in [6, 6.07) is 7.65. The van der Waals surface area contributed by atoms with Crippen LogP contribution in [0.3, 0.4) is 0 Å². The van der Waals surface area contributed by atoms with Crippen LogP contribution in [0, 0.1) is 0 Å². The molecule has 0 bridgehead atoms. The highest BCUT2D eigenvalue weighted by molar-refractivity contribution is 7.93. The molecule has 0 fully saturated rings. The number of pyridine rings is 1. The number of hydrogen-bond acceptors (Lipinski definition) is 4. The van der Waals surface area contributed by atoms with E-state index < -0.39 is 10.0 Å². The van der Waals surface area contributed by atoms with Gasteiger partial charge < -0.3 is 14.3 Å². The second kappa shape index (κ2) is 6.91. The van der Waals surface area contributed by atoms with Gasteiger partial charge in [-0.3, -0.25) is 9.52 Å². The van der Waals surface area contributed by atoms with E-state index in [0.717, 1.165) is 0 Å². The van der Waals surface area contributed by atoms with Gasteiger partial charge in [0.1, 0.15) is 4.90 Å². The summed E-state index contributed by atoms with van der Waals surface area (Å²) >= 11 is 5.92. The van der Waals surface area contributed by atoms with Gasteiger partial charge in [-0.05, 0) is 24.3 Å². The van der Waals surface area contributed by atoms with Gasteiger partial charge in [-0.1, -0.05) is 11.6 Å². The molecule has 1 aromatic carbocycles. The highest BCUT2D eigenvalue weighted by atomic mass is 35.5. The van der Waals surface area contributed by atoms with E-state index in [4.69, 9.17) is 16.3 Å². The molecule has 9 heteroatoms. The van der Waals surface area contributed by atoms with Gasteiger partial charge in [0.25, 0.3) is 15.6 Å². The van der Waals surface area contributed by atoms with Crippen LogP contribution in [-0.2, 0) is 21.3 Å². The Hall–Kier alpha value is -2.29. The molecule has 3 rings (SSSR count). The number of anilines is 1. The van der Waals surface area contributed by atoms with Crippen LogP contribution in [0.1, 0.15) is 0 Å². The molecular weight excluding hydrogens is 366 g/mol. The normalized spacial score (nSPS) is 11.8. The molecule has 25 heavy (non-hydrogen) atoms. The molecule has 0 radical (unpaired) electrons. The molecule has 0 aliphatic carbocycles. The number of nitrogens with one attached hydrogen (secondary N) is 2. The molecule has 0 saturated carbocycles. The zero-order valence-corrected chi connectivity index (χ0v) is 14.9. The predicted molar refractivity (Wildman–Crippen MR) is 96.7 cm³/mol. The van der Waals surface area contributed by atoms with Gasteiger partial charge in [0.05, 0.1) is 12.3 Å². The molecule has 0 unspecified atom stereocenters. The van der Waals surface area contributed by atoms with Gasteiger partial charge in [-0.2, -0.15) is 0 Å². The van der Waals surface area contributed by atoms with Crippen molar-refractivity contribution >= 4 is 38.2 Å². The zero-order valence-electron chi connectivity index (χ0n) is 13.3. The first-order valence-electron chi connectivity index (χ1n) is 7.39. The lowest BCUT2D eigenvalue weighted by Crippen LogP contribution is -2.22. The summed E-state index contributed by atoms with van der Waals surface area (Å²) in [5.41, 5.74) is 0.679. The van der Waals surface area contributed by atoms with Gasteiger partial charge in [0, 0.05) is 48.0 Å². The number of fused-ring (bicyclic) bond motifs is 1. The number of hydrogen-bond donors (Lipinski definition) is 2. The summed E-state index contributed by atoms with van der Waals surface area (Å²) in [6.45, 7) is 0.676. The lowest BCUT2D eigenvalue weighted by atomic mass is 10.2. The number of nitrogens with zero attached hydrogens (tertiary/aromatic N) is 1. The van der Waals surface area contributed by atoms with E-state index in [-0.39, 0.29) is 10.5 Å². The van der Waals surface area contributed by atoms with Crippen LogP contribution in [0.2, 0.25) is 5.02 Å². The van der Waals surface area contributed by atoms with Gasteiger partial charge in [0.2, 0.25) is 0 Å². The molecule has 2 heterocycles. The molecule has 0 spiro atoms. The van der Waals surface area contributed by atoms with Crippen molar-refractivity contribution in [2.45, 2.75) is 11.4 Å². The Morgan fingerprint density at radius 2 is 2.08 bits per heavy atom. The van der Waals surface area contributed by atoms with Gasteiger partial charge >= 0.3 is 0 Å². The van der Waals surface area contributed by atoms with Crippen molar-refractivity contribution in [3.8, 4) is 0 Å². The number of methoxy groups -OCH3 is 1. The molecule has 3 aromatic rings. The van der Waals surface area contributed by atoms with Crippen LogP contribution in [0.15, 0.2) is 52.4 Å². The first kappa shape index (κ1) is 17.5. The third-order valence-electron chi connectivity index (χ3n) is 3.67. The molecule has 0 aliphatic heterocycles. The van der Waals surface area contributed by atoms with Crippen LogP contribution in [-0.4, -0.2) is 31.7 Å². The third-order valence-corrected chi connectivity index (χ3v) is 5.32. The molecular formula is C16H16ClN3O4S. The number of ether oxygens (including phenoxy) is 1. The maximum Gasteiger partial charge on any atom is 0.264 e. The average Bonchev–Trinajstić information content (AvgIpc) is 2.99. The minimum Gasteiger partial charge on any atom is -0.383 e. The summed E-state index contributed by atoms with van der Waals surface area (Å²) in [5.74, 6) is 0. The Bertz CT molecular complexity index is 1070. The second-order valence-electron chi connectivity index (χ2n) is 5.39. The van der Waals surface area contributed by atoms with E-state index in [2.05, 4.69) is 9.71 Å². The Morgan fingerprint density at radius 3 is 2.84 bits per heavy atom. The van der Waals surface area contributed by atoms with Crippen molar-refractivity contribution in [1.82, 2.24) is 9.55 Å². The number of H-pyrrole nitrogens is 1. The minimum absolute atomic E-state index is 0.105. The number of aromatic nitrogens is 2. The SMILES string of the molecule is COCCn1cc(NS(=O)(=O)c2c[nH]c3cc(Cl)ccc23)ccc1=O. The molecule has 0 saturated heterocycles. The number of benzene rings is 1. The quantitative estimate of drug-likeness (QED) is 0.685. The van der Waals surface area contributed by atoms with Gasteiger partial charge in [0.15, 0.2) is 0 Å². The van der Waals surface area contributed by atoms with Crippen LogP contribution in [0.4, 0.5) is 5.69 Å². The largest absolute Gasteiger partial charge is 0.383 e. The predicted octanol–water partition coefficient (Wildman–Crippen LogP) is 2.43. The van der Waals surface area contributed by atoms with E-state index in [0.29, 0.717) is 34.8 Å². The van der Waals surface area contributed by atoms with E-state index in [1.807, 2.05) is 0 Å². The first-order chi connectivity index (χ1) is 11.9. The molecule has 132 valence electrons. The Balaban J connectivity index is 1.94. The maximum absolute atomic E-state index is 12.7. The van der Waals surface area contributed by atoms with E-state index in [1.165, 1.54) is 36.2 Å². The zero-order chi connectivity index (χ0) is 18.0. The highest BCUT2D eigenvalue weighted by Crippen LogP contribution is 2.26. The summed E-state index contributed by atoms with van der Waals surface area (Å²) < 4.78 is 34.2. The molecule has 0 amide bonds. The Morgan fingerprint density at radius 1 is 1.28 bits per heavy atom. The van der Waals surface area contributed by atoms with Crippen molar-refractivity contribution in [1.29, 1.82) is 0 Å². The van der Waals surface area contributed by atoms with Crippen molar-refractivity contribution in [2.24, 2.45) is 0 Å². The van der Waals surface area contributed by atoms with Gasteiger partial charge in [-0.25, -0.2) is 8.42 Å². The van der Waals surface area contributed by atoms with Crippen LogP contribution in [0.5, 0.6) is 0 Å². The topological polar surface area (TPSA) is 93.2 Å². The highest BCUT2D eigenvalue weighted by Gasteiger charge is 2.19. The molecule has 0 atom stereocenters. The summed E-state index contributed by atoms with van der Waals surface area (Å²) in [5, 5.41) is 1.04. The molecule has 2 N–H and O–H groups in total. The molecule has 0 aliphatic rings. The Labute approximate surface area is 149 Å². The number of halogens is 1. The summed E-state index contributed by atoms with van der Waals surface area (Å²) in [4.78, 5) is 14.8. The van der Waals surface area contributed by atoms with Gasteiger partial charge in [-0.15, -0.1) is 0 Å². The Kier molecular flexibility index (Phi) is 4.85. The van der Waals surface area contributed by atoms with E-state index >= 15 is 0 Å². The van der Waals surface area contributed by atoms with E-state index in [1.54, 1.807) is 18.2 Å². The number of sulfonamides is 1. The first-order valence-corrected chi connectivity index (χ1v) is 9.26. The lowest BCUT2D eigenvalue weighted by molar-refractivity contribution is 0.186. The van der Waals surface area contributed by atoms with Crippen molar-refractivity contribution < 1.29 is 13.2 Å². The monoisotopic (exact) mass is 381 g/mol. The third kappa shape index (κ3) is 3.71. The fourth-order valence-electron chi connectivity index (χ4n) is 2.46. The lowest BCUT2D eigenvalue weighted by Gasteiger charge is -2.10. The average molecular weight is 382 g/mol. The molecule has 7 nitrogen and oxygen atoms in total. The standard InChI is InChI=1S/C16H16ClN3O4S/c1-24-7-6-20-10-12(3-5-16(20)21)19-25(22,23)15-9-18-14-8-11(17)2-4-13(14)15/h2-5,8-10,18-19H,6-7H2,1H3. The van der Waals surface area contributed by atoms with Crippen LogP contribution >= 0.6 is 11.6 Å². The molecule has 2 aromatic heterocycles. The van der Waals surface area contributed by atoms with Crippen LogP contribution < -0.4 is 10.3 Å². The summed E-state index contributed by atoms with van der Waals surface area (Å²) in [7, 11) is -2.30. The van der Waals surface area contributed by atoms with Crippen molar-refractivity contribution in [3.63, 3.8) is 0 Å². The van der Waals surface area contributed by atoms with Crippen molar-refractivity contribution in [2.75, 3.05) is 18.4 Å². The number of rotatable bonds is 6. The smallest absolute Gasteiger partial charge is 0.264 e.